The van der Waals surface area contributed by atoms with Crippen LogP contribution in [0.25, 0.3) is 10.2 Å². The van der Waals surface area contributed by atoms with Crippen molar-refractivity contribution in [3.63, 3.8) is 0 Å². The Balaban J connectivity index is 1.55. The molecule has 1 aliphatic rings. The lowest BCUT2D eigenvalue weighted by molar-refractivity contribution is -0.134. The molecule has 1 amide bonds. The molecule has 1 aromatic heterocycles. The van der Waals surface area contributed by atoms with Gasteiger partial charge in [-0.3, -0.25) is 4.79 Å². The van der Waals surface area contributed by atoms with Crippen molar-refractivity contribution >= 4 is 27.5 Å². The van der Waals surface area contributed by atoms with Gasteiger partial charge in [0.2, 0.25) is 5.91 Å². The first-order valence-corrected chi connectivity index (χ1v) is 12.0. The number of carbonyl (C=O) groups is 1. The second kappa shape index (κ2) is 10.6. The van der Waals surface area contributed by atoms with Crippen molar-refractivity contribution in [3.8, 4) is 11.5 Å². The van der Waals surface area contributed by atoms with Crippen molar-refractivity contribution in [1.29, 1.82) is 0 Å². The first-order valence-electron chi connectivity index (χ1n) is 11.2. The monoisotopic (exact) mass is 450 g/mol. The van der Waals surface area contributed by atoms with Gasteiger partial charge in [0.1, 0.15) is 16.5 Å². The van der Waals surface area contributed by atoms with Gasteiger partial charge in [0.05, 0.1) is 29.9 Å². The van der Waals surface area contributed by atoms with E-state index in [-0.39, 0.29) is 17.7 Å². The molecular weight excluding hydrogens is 420 g/mol. The molecule has 0 unspecified atom stereocenters. The van der Waals surface area contributed by atoms with Crippen LogP contribution < -0.4 is 9.47 Å². The summed E-state index contributed by atoms with van der Waals surface area (Å²) < 4.78 is 12.4. The summed E-state index contributed by atoms with van der Waals surface area (Å²) >= 11 is 1.61. The van der Waals surface area contributed by atoms with Crippen LogP contribution in [0.4, 0.5) is 0 Å². The Kier molecular flexibility index (Phi) is 7.43. The van der Waals surface area contributed by atoms with Gasteiger partial charge in [0, 0.05) is 19.2 Å². The van der Waals surface area contributed by atoms with Crippen molar-refractivity contribution in [2.75, 3.05) is 26.8 Å². The number of aromatic nitrogens is 1. The zero-order valence-corrected chi connectivity index (χ0v) is 19.4. The number of para-hydroxylation sites is 1. The number of likely N-dealkylation sites (tertiary alicyclic amines) is 1. The highest BCUT2D eigenvalue weighted by Gasteiger charge is 2.34. The van der Waals surface area contributed by atoms with E-state index in [0.717, 1.165) is 52.7 Å². The molecule has 168 valence electrons. The number of allylic oxidation sites excluding steroid dienone is 1. The van der Waals surface area contributed by atoms with Crippen molar-refractivity contribution in [2.45, 2.75) is 31.6 Å². The molecule has 1 aliphatic heterocycles. The van der Waals surface area contributed by atoms with Gasteiger partial charge in [0.15, 0.2) is 0 Å². The van der Waals surface area contributed by atoms with Gasteiger partial charge in [0.25, 0.3) is 0 Å². The lowest BCUT2D eigenvalue weighted by atomic mass is 9.88. The van der Waals surface area contributed by atoms with E-state index in [4.69, 9.17) is 14.5 Å². The molecule has 6 heteroatoms. The molecule has 2 aromatic carbocycles. The Morgan fingerprint density at radius 1 is 1.16 bits per heavy atom. The molecule has 32 heavy (non-hydrogen) atoms. The third-order valence-corrected chi connectivity index (χ3v) is 7.12. The molecule has 4 rings (SSSR count). The summed E-state index contributed by atoms with van der Waals surface area (Å²) in [6, 6.07) is 15.6. The number of thiazole rings is 1. The van der Waals surface area contributed by atoms with Crippen LogP contribution in [-0.4, -0.2) is 42.6 Å². The third-order valence-electron chi connectivity index (χ3n) is 6.00. The minimum atomic E-state index is -0.336. The average molecular weight is 451 g/mol. The molecule has 3 aromatic rings. The second-order valence-corrected chi connectivity index (χ2v) is 9.16. The van der Waals surface area contributed by atoms with Gasteiger partial charge in [-0.25, -0.2) is 4.98 Å². The number of amides is 1. The topological polar surface area (TPSA) is 51.7 Å². The van der Waals surface area contributed by atoms with Crippen LogP contribution in [0, 0.1) is 5.92 Å². The number of carbonyl (C=O) groups excluding carboxylic acids is 1. The Morgan fingerprint density at radius 2 is 1.94 bits per heavy atom. The van der Waals surface area contributed by atoms with E-state index >= 15 is 0 Å². The summed E-state index contributed by atoms with van der Waals surface area (Å²) in [5, 5.41) is 0.869. The number of piperidine rings is 1. The SMILES string of the molecule is C=C[C@H](CCOc1cccc(OC)c1)[C@H](C(=O)N1CCCCC1)c1nc2ccccc2s1. The molecule has 0 N–H and O–H groups in total. The minimum absolute atomic E-state index is 0.0596. The molecule has 0 saturated carbocycles. The fourth-order valence-corrected chi connectivity index (χ4v) is 5.37. The average Bonchev–Trinajstić information content (AvgIpc) is 3.27. The molecule has 2 atom stereocenters. The molecule has 5 nitrogen and oxygen atoms in total. The fraction of sp³-hybridized carbons (Fsp3) is 0.385. The number of hydrogen-bond donors (Lipinski definition) is 0. The van der Waals surface area contributed by atoms with Crippen LogP contribution in [-0.2, 0) is 4.79 Å². The number of benzene rings is 2. The first-order chi connectivity index (χ1) is 15.7. The second-order valence-electron chi connectivity index (χ2n) is 8.10. The summed E-state index contributed by atoms with van der Waals surface area (Å²) in [4.78, 5) is 20.5. The zero-order valence-electron chi connectivity index (χ0n) is 18.5. The van der Waals surface area contributed by atoms with E-state index in [1.54, 1.807) is 18.4 Å². The molecule has 1 saturated heterocycles. The molecule has 0 bridgehead atoms. The van der Waals surface area contributed by atoms with E-state index in [1.807, 2.05) is 53.4 Å². The van der Waals surface area contributed by atoms with Crippen molar-refractivity contribution in [1.82, 2.24) is 9.88 Å². The molecule has 1 fully saturated rings. The summed E-state index contributed by atoms with van der Waals surface area (Å²) in [6.07, 6.45) is 5.90. The summed E-state index contributed by atoms with van der Waals surface area (Å²) in [6.45, 7) is 6.20. The number of nitrogens with zero attached hydrogens (tertiary/aromatic N) is 2. The highest BCUT2D eigenvalue weighted by molar-refractivity contribution is 7.18. The fourth-order valence-electron chi connectivity index (χ4n) is 4.23. The zero-order chi connectivity index (χ0) is 22.3. The van der Waals surface area contributed by atoms with E-state index in [2.05, 4.69) is 12.6 Å². The standard InChI is InChI=1S/C26H30N2O3S/c1-3-19(14-17-31-21-11-9-10-20(18-21)30-2)24(26(29)28-15-7-4-8-16-28)25-27-22-12-5-6-13-23(22)32-25/h3,5-6,9-13,18-19,24H,1,4,7-8,14-17H2,2H3/t19-,24+/m1/s1. The van der Waals surface area contributed by atoms with Crippen LogP contribution in [0.3, 0.4) is 0 Å². The minimum Gasteiger partial charge on any atom is -0.497 e. The predicted molar refractivity (Wildman–Crippen MR) is 130 cm³/mol. The maximum atomic E-state index is 13.7. The van der Waals surface area contributed by atoms with Crippen LogP contribution in [0.15, 0.2) is 61.2 Å². The third kappa shape index (κ3) is 5.13. The van der Waals surface area contributed by atoms with Gasteiger partial charge in [-0.2, -0.15) is 0 Å². The van der Waals surface area contributed by atoms with Crippen molar-refractivity contribution in [2.24, 2.45) is 5.92 Å². The lowest BCUT2D eigenvalue weighted by Gasteiger charge is -2.32. The maximum absolute atomic E-state index is 13.7. The Morgan fingerprint density at radius 3 is 2.69 bits per heavy atom. The van der Waals surface area contributed by atoms with Crippen molar-refractivity contribution in [3.05, 3.63) is 66.2 Å². The van der Waals surface area contributed by atoms with Gasteiger partial charge in [-0.05, 0) is 55.9 Å². The normalized spacial score (nSPS) is 15.8. The van der Waals surface area contributed by atoms with Crippen LogP contribution in [0.1, 0.15) is 36.6 Å². The van der Waals surface area contributed by atoms with Crippen molar-refractivity contribution < 1.29 is 14.3 Å². The number of hydrogen-bond acceptors (Lipinski definition) is 5. The van der Waals surface area contributed by atoms with Gasteiger partial charge in [-0.15, -0.1) is 17.9 Å². The molecule has 0 radical (unpaired) electrons. The Hall–Kier alpha value is -2.86. The number of fused-ring (bicyclic) bond motifs is 1. The predicted octanol–water partition coefficient (Wildman–Crippen LogP) is 5.67. The first kappa shape index (κ1) is 22.3. The quantitative estimate of drug-likeness (QED) is 0.394. The number of ether oxygens (including phenoxy) is 2. The highest BCUT2D eigenvalue weighted by atomic mass is 32.1. The van der Waals surface area contributed by atoms with E-state index in [0.29, 0.717) is 13.0 Å². The van der Waals surface area contributed by atoms with Gasteiger partial charge >= 0.3 is 0 Å². The summed E-state index contributed by atoms with van der Waals surface area (Å²) in [5.74, 6) is 1.28. The molecule has 2 heterocycles. The largest absolute Gasteiger partial charge is 0.497 e. The van der Waals surface area contributed by atoms with E-state index in [9.17, 15) is 4.79 Å². The van der Waals surface area contributed by atoms with Crippen LogP contribution in [0.2, 0.25) is 0 Å². The maximum Gasteiger partial charge on any atom is 0.233 e. The van der Waals surface area contributed by atoms with E-state index < -0.39 is 0 Å². The number of rotatable bonds is 9. The summed E-state index contributed by atoms with van der Waals surface area (Å²) in [5.41, 5.74) is 0.944. The van der Waals surface area contributed by atoms with Crippen LogP contribution >= 0.6 is 11.3 Å². The van der Waals surface area contributed by atoms with Gasteiger partial charge < -0.3 is 14.4 Å². The lowest BCUT2D eigenvalue weighted by Crippen LogP contribution is -2.41. The Bertz CT molecular complexity index is 1020. The Labute approximate surface area is 193 Å². The summed E-state index contributed by atoms with van der Waals surface area (Å²) in [7, 11) is 1.64. The molecular formula is C26H30N2O3S. The van der Waals surface area contributed by atoms with Gasteiger partial charge in [-0.1, -0.05) is 24.3 Å². The van der Waals surface area contributed by atoms with Crippen LogP contribution in [0.5, 0.6) is 11.5 Å². The molecule has 0 spiro atoms. The highest BCUT2D eigenvalue weighted by Crippen LogP contribution is 2.36. The smallest absolute Gasteiger partial charge is 0.233 e. The van der Waals surface area contributed by atoms with E-state index in [1.165, 1.54) is 6.42 Å². The number of methoxy groups -OCH3 is 1. The molecule has 0 aliphatic carbocycles.